The summed E-state index contributed by atoms with van der Waals surface area (Å²) in [7, 11) is 0. The van der Waals surface area contributed by atoms with Gasteiger partial charge in [-0.2, -0.15) is 11.3 Å². The largest absolute Gasteiger partial charge is 0.493 e. The lowest BCUT2D eigenvalue weighted by atomic mass is 9.98. The number of ether oxygens (including phenoxy) is 1. The maximum Gasteiger partial charge on any atom is 0.337 e. The van der Waals surface area contributed by atoms with Crippen LogP contribution in [0.4, 0.5) is 5.69 Å². The van der Waals surface area contributed by atoms with E-state index in [1.807, 2.05) is 0 Å². The molecule has 0 aliphatic carbocycles. The Morgan fingerprint density at radius 1 is 1.32 bits per heavy atom. The minimum atomic E-state index is -0.964. The Hall–Kier alpha value is -2.86. The monoisotopic (exact) mass is 352 g/mol. The third kappa shape index (κ3) is 3.08. The van der Waals surface area contributed by atoms with Crippen LogP contribution >= 0.6 is 11.3 Å². The number of thiophene rings is 1. The van der Waals surface area contributed by atoms with Gasteiger partial charge in [-0.3, -0.25) is 4.98 Å². The fourth-order valence-corrected chi connectivity index (χ4v) is 3.67. The highest BCUT2D eigenvalue weighted by Crippen LogP contribution is 2.37. The minimum Gasteiger partial charge on any atom is -0.493 e. The molecular weight excluding hydrogens is 336 g/mol. The minimum absolute atomic E-state index is 0.174. The summed E-state index contributed by atoms with van der Waals surface area (Å²) >= 11 is 1.67. The van der Waals surface area contributed by atoms with Crippen molar-refractivity contribution in [3.05, 3.63) is 64.6 Å². The van der Waals surface area contributed by atoms with Gasteiger partial charge in [-0.25, -0.2) is 4.79 Å². The molecule has 0 fully saturated rings. The van der Waals surface area contributed by atoms with E-state index in [1.165, 1.54) is 17.8 Å². The molecule has 3 aromatic rings. The number of hydrogen-bond donors (Lipinski definition) is 2. The summed E-state index contributed by atoms with van der Waals surface area (Å²) in [6.45, 7) is 1.18. The molecule has 3 heterocycles. The molecule has 25 heavy (non-hydrogen) atoms. The number of anilines is 1. The van der Waals surface area contributed by atoms with Crippen molar-refractivity contribution in [2.75, 3.05) is 18.5 Å². The number of fused-ring (bicyclic) bond motifs is 1. The van der Waals surface area contributed by atoms with Gasteiger partial charge in [-0.15, -0.1) is 0 Å². The van der Waals surface area contributed by atoms with E-state index in [4.69, 9.17) is 4.74 Å². The molecule has 4 rings (SSSR count). The summed E-state index contributed by atoms with van der Waals surface area (Å²) in [6.07, 6.45) is 3.02. The normalized spacial score (nSPS) is 15.4. The van der Waals surface area contributed by atoms with Gasteiger partial charge in [0.25, 0.3) is 0 Å². The first-order valence-electron chi connectivity index (χ1n) is 7.93. The van der Waals surface area contributed by atoms with Crippen LogP contribution in [0, 0.1) is 0 Å². The second-order valence-corrected chi connectivity index (χ2v) is 6.66. The molecule has 126 valence electrons. The topological polar surface area (TPSA) is 71.5 Å². The second-order valence-electron chi connectivity index (χ2n) is 5.88. The Balaban J connectivity index is 1.51. The third-order valence-corrected chi connectivity index (χ3v) is 5.02. The van der Waals surface area contributed by atoms with Crippen molar-refractivity contribution in [3.8, 4) is 16.9 Å². The zero-order chi connectivity index (χ0) is 17.2. The zero-order valence-electron chi connectivity index (χ0n) is 13.3. The molecule has 5 nitrogen and oxygen atoms in total. The molecule has 0 radical (unpaired) electrons. The summed E-state index contributed by atoms with van der Waals surface area (Å²) in [5.41, 5.74) is 4.24. The Bertz CT molecular complexity index is 909. The lowest BCUT2D eigenvalue weighted by molar-refractivity contribution is 0.0698. The molecule has 1 aromatic carbocycles. The lowest BCUT2D eigenvalue weighted by Gasteiger charge is -2.13. The van der Waals surface area contributed by atoms with E-state index in [-0.39, 0.29) is 11.5 Å². The molecule has 0 bridgehead atoms. The predicted octanol–water partition coefficient (Wildman–Crippen LogP) is 4.10. The first kappa shape index (κ1) is 15.7. The number of carboxylic acid groups (broad SMARTS) is 1. The molecule has 1 unspecified atom stereocenters. The van der Waals surface area contributed by atoms with Crippen LogP contribution in [0.25, 0.3) is 11.1 Å². The van der Waals surface area contributed by atoms with Crippen LogP contribution in [0.3, 0.4) is 0 Å². The van der Waals surface area contributed by atoms with Gasteiger partial charge in [0, 0.05) is 24.2 Å². The van der Waals surface area contributed by atoms with E-state index in [0.717, 1.165) is 16.9 Å². The summed E-state index contributed by atoms with van der Waals surface area (Å²) in [4.78, 5) is 15.3. The van der Waals surface area contributed by atoms with Crippen molar-refractivity contribution in [1.82, 2.24) is 4.98 Å². The van der Waals surface area contributed by atoms with E-state index in [9.17, 15) is 9.90 Å². The number of aromatic carboxylic acids is 1. The average molecular weight is 352 g/mol. The highest BCUT2D eigenvalue weighted by Gasteiger charge is 2.25. The Morgan fingerprint density at radius 3 is 3.04 bits per heavy atom. The van der Waals surface area contributed by atoms with Crippen molar-refractivity contribution >= 4 is 23.0 Å². The van der Waals surface area contributed by atoms with Gasteiger partial charge < -0.3 is 15.2 Å². The van der Waals surface area contributed by atoms with Crippen molar-refractivity contribution in [2.45, 2.75) is 5.92 Å². The first-order valence-corrected chi connectivity index (χ1v) is 8.87. The van der Waals surface area contributed by atoms with Crippen LogP contribution in [0.2, 0.25) is 0 Å². The SMILES string of the molecule is O=C(O)c1ccncc1NCC1COc2cc(-c3ccsc3)ccc21. The van der Waals surface area contributed by atoms with E-state index in [1.54, 1.807) is 17.5 Å². The van der Waals surface area contributed by atoms with Gasteiger partial charge >= 0.3 is 5.97 Å². The molecule has 0 saturated carbocycles. The summed E-state index contributed by atoms with van der Waals surface area (Å²) < 4.78 is 5.85. The molecule has 0 spiro atoms. The smallest absolute Gasteiger partial charge is 0.337 e. The van der Waals surface area contributed by atoms with Crippen molar-refractivity contribution in [3.63, 3.8) is 0 Å². The van der Waals surface area contributed by atoms with Gasteiger partial charge in [0.15, 0.2) is 0 Å². The highest BCUT2D eigenvalue weighted by atomic mass is 32.1. The molecule has 2 aromatic heterocycles. The van der Waals surface area contributed by atoms with Crippen LogP contribution in [0.15, 0.2) is 53.5 Å². The summed E-state index contributed by atoms with van der Waals surface area (Å²) in [6, 6.07) is 9.87. The third-order valence-electron chi connectivity index (χ3n) is 4.34. The predicted molar refractivity (Wildman–Crippen MR) is 97.7 cm³/mol. The number of pyridine rings is 1. The maximum absolute atomic E-state index is 11.3. The van der Waals surface area contributed by atoms with Crippen LogP contribution in [-0.2, 0) is 0 Å². The van der Waals surface area contributed by atoms with E-state index < -0.39 is 5.97 Å². The van der Waals surface area contributed by atoms with Gasteiger partial charge in [0.2, 0.25) is 0 Å². The highest BCUT2D eigenvalue weighted by molar-refractivity contribution is 7.08. The van der Waals surface area contributed by atoms with E-state index in [2.05, 4.69) is 45.3 Å². The number of nitrogens with zero attached hydrogens (tertiary/aromatic N) is 1. The Morgan fingerprint density at radius 2 is 2.24 bits per heavy atom. The quantitative estimate of drug-likeness (QED) is 0.723. The van der Waals surface area contributed by atoms with Crippen molar-refractivity contribution < 1.29 is 14.6 Å². The number of hydrogen-bond acceptors (Lipinski definition) is 5. The standard InChI is InChI=1S/C19H16N2O3S/c22-19(23)16-3-5-20-9-17(16)21-8-14-10-24-18-7-12(1-2-15(14)18)13-4-6-25-11-13/h1-7,9,11,14,21H,8,10H2,(H,22,23). The zero-order valence-corrected chi connectivity index (χ0v) is 14.1. The molecule has 2 N–H and O–H groups in total. The maximum atomic E-state index is 11.3. The van der Waals surface area contributed by atoms with Crippen LogP contribution < -0.4 is 10.1 Å². The van der Waals surface area contributed by atoms with E-state index in [0.29, 0.717) is 18.8 Å². The average Bonchev–Trinajstić information content (AvgIpc) is 3.29. The van der Waals surface area contributed by atoms with Gasteiger partial charge in [-0.1, -0.05) is 12.1 Å². The summed E-state index contributed by atoms with van der Waals surface area (Å²) in [5, 5.41) is 16.6. The molecule has 0 saturated heterocycles. The summed E-state index contributed by atoms with van der Waals surface area (Å²) in [5.74, 6) is 0.113. The van der Waals surface area contributed by atoms with Crippen LogP contribution in [-0.4, -0.2) is 29.2 Å². The second kappa shape index (κ2) is 6.57. The molecule has 1 atom stereocenters. The van der Waals surface area contributed by atoms with E-state index >= 15 is 0 Å². The van der Waals surface area contributed by atoms with Crippen LogP contribution in [0.1, 0.15) is 21.8 Å². The van der Waals surface area contributed by atoms with Crippen molar-refractivity contribution in [2.24, 2.45) is 0 Å². The Kier molecular flexibility index (Phi) is 4.11. The number of rotatable bonds is 5. The molecule has 0 amide bonds. The molecule has 1 aliphatic rings. The molecule has 1 aliphatic heterocycles. The van der Waals surface area contributed by atoms with Crippen molar-refractivity contribution in [1.29, 1.82) is 0 Å². The number of carbonyl (C=O) groups is 1. The number of aromatic nitrogens is 1. The molecule has 6 heteroatoms. The molecular formula is C19H16N2O3S. The number of carboxylic acids is 1. The number of benzene rings is 1. The van der Waals surface area contributed by atoms with Gasteiger partial charge in [0.1, 0.15) is 5.75 Å². The lowest BCUT2D eigenvalue weighted by Crippen LogP contribution is -2.16. The first-order chi connectivity index (χ1) is 12.2. The number of nitrogens with one attached hydrogen (secondary N) is 1. The van der Waals surface area contributed by atoms with Gasteiger partial charge in [-0.05, 0) is 40.1 Å². The fraction of sp³-hybridized carbons (Fsp3) is 0.158. The van der Waals surface area contributed by atoms with Gasteiger partial charge in [0.05, 0.1) is 24.1 Å². The van der Waals surface area contributed by atoms with Crippen LogP contribution in [0.5, 0.6) is 5.75 Å². The fourth-order valence-electron chi connectivity index (χ4n) is 3.01. The Labute approximate surface area is 148 Å².